The molecule has 1 aromatic rings. The number of nitrogens with zero attached hydrogens (tertiary/aromatic N) is 2. The Bertz CT molecular complexity index is 602. The van der Waals surface area contributed by atoms with Crippen LogP contribution in [0.5, 0.6) is 5.75 Å². The summed E-state index contributed by atoms with van der Waals surface area (Å²) < 4.78 is 45.8. The van der Waals surface area contributed by atoms with Gasteiger partial charge in [-0.2, -0.15) is 0 Å². The van der Waals surface area contributed by atoms with Crippen LogP contribution in [0.3, 0.4) is 0 Å². The maximum absolute atomic E-state index is 12.2. The molecule has 0 spiro atoms. The molecule has 1 saturated heterocycles. The second kappa shape index (κ2) is 11.1. The van der Waals surface area contributed by atoms with Gasteiger partial charge in [0.1, 0.15) is 5.75 Å². The average Bonchev–Trinajstić information content (AvgIpc) is 2.66. The molecule has 2 rings (SSSR count). The Morgan fingerprint density at radius 2 is 1.89 bits per heavy atom. The summed E-state index contributed by atoms with van der Waals surface area (Å²) in [5.41, 5.74) is 0.916. The lowest BCUT2D eigenvalue weighted by molar-refractivity contribution is -0.274. The maximum atomic E-state index is 12.2. The lowest BCUT2D eigenvalue weighted by atomic mass is 10.1. The fourth-order valence-corrected chi connectivity index (χ4v) is 2.88. The summed E-state index contributed by atoms with van der Waals surface area (Å²) in [6.07, 6.45) is -4.01. The number of hydrogen-bond donors (Lipinski definition) is 2. The minimum absolute atomic E-state index is 0.212. The van der Waals surface area contributed by atoms with E-state index in [-0.39, 0.29) is 5.75 Å². The number of halogens is 3. The number of nitrogens with one attached hydrogen (secondary N) is 2. The molecule has 28 heavy (non-hydrogen) atoms. The number of ether oxygens (including phenoxy) is 2. The molecule has 0 amide bonds. The summed E-state index contributed by atoms with van der Waals surface area (Å²) >= 11 is 0. The van der Waals surface area contributed by atoms with Crippen molar-refractivity contribution in [1.82, 2.24) is 15.5 Å². The molecule has 1 aromatic carbocycles. The Kier molecular flexibility index (Phi) is 8.85. The lowest BCUT2D eigenvalue weighted by Gasteiger charge is -2.31. The highest BCUT2D eigenvalue weighted by molar-refractivity contribution is 5.79. The first-order chi connectivity index (χ1) is 13.4. The molecule has 1 atom stereocenters. The van der Waals surface area contributed by atoms with Crippen molar-refractivity contribution in [2.45, 2.75) is 32.7 Å². The van der Waals surface area contributed by atoms with E-state index in [0.717, 1.165) is 44.4 Å². The third kappa shape index (κ3) is 8.35. The van der Waals surface area contributed by atoms with Gasteiger partial charge in [-0.1, -0.05) is 12.1 Å². The Balaban J connectivity index is 1.78. The first-order valence-corrected chi connectivity index (χ1v) is 9.56. The predicted molar refractivity (Wildman–Crippen MR) is 103 cm³/mol. The van der Waals surface area contributed by atoms with Crippen molar-refractivity contribution in [3.05, 3.63) is 29.8 Å². The van der Waals surface area contributed by atoms with Gasteiger partial charge in [0.2, 0.25) is 0 Å². The molecule has 0 saturated carbocycles. The first kappa shape index (κ1) is 22.3. The van der Waals surface area contributed by atoms with Crippen molar-refractivity contribution in [3.63, 3.8) is 0 Å². The molecule has 0 aromatic heterocycles. The highest BCUT2D eigenvalue weighted by Gasteiger charge is 2.30. The lowest BCUT2D eigenvalue weighted by Crippen LogP contribution is -2.44. The highest BCUT2D eigenvalue weighted by Crippen LogP contribution is 2.22. The van der Waals surface area contributed by atoms with Crippen molar-refractivity contribution in [2.75, 3.05) is 45.9 Å². The molecular formula is C19H29F3N4O2. The van der Waals surface area contributed by atoms with E-state index in [1.165, 1.54) is 12.1 Å². The molecule has 1 heterocycles. The first-order valence-electron chi connectivity index (χ1n) is 9.56. The molecule has 6 nitrogen and oxygen atoms in total. The van der Waals surface area contributed by atoms with E-state index >= 15 is 0 Å². The van der Waals surface area contributed by atoms with Gasteiger partial charge in [0.05, 0.1) is 19.8 Å². The number of rotatable bonds is 8. The van der Waals surface area contributed by atoms with Crippen LogP contribution < -0.4 is 15.4 Å². The molecule has 0 bridgehead atoms. The van der Waals surface area contributed by atoms with Gasteiger partial charge in [-0.3, -0.25) is 9.89 Å². The molecule has 0 radical (unpaired) electrons. The number of aliphatic imine (C=N–C) groups is 1. The number of benzene rings is 1. The molecule has 0 aliphatic carbocycles. The Hall–Kier alpha value is -2.00. The van der Waals surface area contributed by atoms with Crippen LogP contribution in [-0.2, 0) is 11.2 Å². The molecular weight excluding hydrogens is 373 g/mol. The Morgan fingerprint density at radius 1 is 1.21 bits per heavy atom. The van der Waals surface area contributed by atoms with Crippen LogP contribution in [0.1, 0.15) is 19.4 Å². The van der Waals surface area contributed by atoms with Crippen LogP contribution in [-0.4, -0.2) is 69.2 Å². The van der Waals surface area contributed by atoms with Gasteiger partial charge >= 0.3 is 6.36 Å². The molecule has 1 fully saturated rings. The van der Waals surface area contributed by atoms with Gasteiger partial charge in [-0.25, -0.2) is 0 Å². The van der Waals surface area contributed by atoms with Crippen molar-refractivity contribution >= 4 is 5.96 Å². The topological polar surface area (TPSA) is 58.1 Å². The van der Waals surface area contributed by atoms with Gasteiger partial charge in [0.25, 0.3) is 0 Å². The monoisotopic (exact) mass is 402 g/mol. The molecule has 2 N–H and O–H groups in total. The van der Waals surface area contributed by atoms with Gasteiger partial charge < -0.3 is 20.1 Å². The summed E-state index contributed by atoms with van der Waals surface area (Å²) in [7, 11) is 0. The van der Waals surface area contributed by atoms with Crippen LogP contribution in [0.2, 0.25) is 0 Å². The fourth-order valence-electron chi connectivity index (χ4n) is 2.88. The number of morpholine rings is 1. The number of hydrogen-bond acceptors (Lipinski definition) is 4. The Morgan fingerprint density at radius 3 is 2.50 bits per heavy atom. The van der Waals surface area contributed by atoms with Gasteiger partial charge in [0.15, 0.2) is 5.96 Å². The van der Waals surface area contributed by atoms with Gasteiger partial charge in [-0.15, -0.1) is 13.2 Å². The third-order valence-electron chi connectivity index (χ3n) is 4.39. The van der Waals surface area contributed by atoms with Crippen molar-refractivity contribution in [3.8, 4) is 5.75 Å². The minimum atomic E-state index is -4.67. The average molecular weight is 402 g/mol. The number of guanidine groups is 1. The fraction of sp³-hybridized carbons (Fsp3) is 0.632. The van der Waals surface area contributed by atoms with E-state index in [4.69, 9.17) is 4.74 Å². The van der Waals surface area contributed by atoms with Crippen molar-refractivity contribution in [1.29, 1.82) is 0 Å². The van der Waals surface area contributed by atoms with E-state index in [2.05, 4.69) is 32.2 Å². The maximum Gasteiger partial charge on any atom is 0.573 e. The standard InChI is InChI=1S/C19H29F3N4O2/c1-3-23-18(25-14-15(2)26-10-12-27-13-11-26)24-9-8-16-4-6-17(7-5-16)28-19(20,21)22/h4-7,15H,3,8-14H2,1-2H3,(H2,23,24,25). The van der Waals surface area contributed by atoms with Crippen LogP contribution in [0.25, 0.3) is 0 Å². The van der Waals surface area contributed by atoms with Gasteiger partial charge in [0, 0.05) is 32.2 Å². The van der Waals surface area contributed by atoms with Crippen molar-refractivity contribution < 1.29 is 22.6 Å². The highest BCUT2D eigenvalue weighted by atomic mass is 19.4. The molecule has 158 valence electrons. The smallest absolute Gasteiger partial charge is 0.406 e. The van der Waals surface area contributed by atoms with E-state index in [9.17, 15) is 13.2 Å². The van der Waals surface area contributed by atoms with Gasteiger partial charge in [-0.05, 0) is 38.0 Å². The van der Waals surface area contributed by atoms with E-state index in [1.54, 1.807) is 12.1 Å². The summed E-state index contributed by atoms with van der Waals surface area (Å²) in [5, 5.41) is 6.48. The largest absolute Gasteiger partial charge is 0.573 e. The molecule has 1 unspecified atom stereocenters. The molecule has 1 aliphatic rings. The summed E-state index contributed by atoms with van der Waals surface area (Å²) in [4.78, 5) is 7.00. The van der Waals surface area contributed by atoms with Crippen molar-refractivity contribution in [2.24, 2.45) is 4.99 Å². The zero-order valence-corrected chi connectivity index (χ0v) is 16.4. The molecule has 1 aliphatic heterocycles. The summed E-state index contributed by atoms with van der Waals surface area (Å²) in [6.45, 7) is 9.59. The molecule has 9 heteroatoms. The minimum Gasteiger partial charge on any atom is -0.406 e. The second-order valence-corrected chi connectivity index (χ2v) is 6.59. The SMILES string of the molecule is CCNC(=NCC(C)N1CCOCC1)NCCc1ccc(OC(F)(F)F)cc1. The second-order valence-electron chi connectivity index (χ2n) is 6.59. The van der Waals surface area contributed by atoms with Crippen LogP contribution in [0.15, 0.2) is 29.3 Å². The zero-order chi connectivity index (χ0) is 20.4. The summed E-state index contributed by atoms with van der Waals surface area (Å²) in [6, 6.07) is 6.25. The zero-order valence-electron chi connectivity index (χ0n) is 16.4. The van der Waals surface area contributed by atoms with Crippen LogP contribution in [0, 0.1) is 0 Å². The van der Waals surface area contributed by atoms with E-state index < -0.39 is 6.36 Å². The quantitative estimate of drug-likeness (QED) is 0.517. The summed E-state index contributed by atoms with van der Waals surface area (Å²) in [5.74, 6) is 0.524. The third-order valence-corrected chi connectivity index (χ3v) is 4.39. The van der Waals surface area contributed by atoms with E-state index in [0.29, 0.717) is 25.6 Å². The number of alkyl halides is 3. The van der Waals surface area contributed by atoms with E-state index in [1.807, 2.05) is 6.92 Å². The predicted octanol–water partition coefficient (Wildman–Crippen LogP) is 2.40. The van der Waals surface area contributed by atoms with Crippen LogP contribution >= 0.6 is 0 Å². The normalized spacial score (nSPS) is 17.2. The Labute approximate surface area is 164 Å². The van der Waals surface area contributed by atoms with Crippen LogP contribution in [0.4, 0.5) is 13.2 Å².